The molecule has 0 radical (unpaired) electrons. The Morgan fingerprint density at radius 1 is 1.08 bits per heavy atom. The second-order valence-electron chi connectivity index (χ2n) is 8.45. The van der Waals surface area contributed by atoms with E-state index in [9.17, 15) is 9.18 Å². The monoisotopic (exact) mass is 484 g/mol. The van der Waals surface area contributed by atoms with Crippen molar-refractivity contribution in [2.45, 2.75) is 26.3 Å². The van der Waals surface area contributed by atoms with Crippen LogP contribution >= 0.6 is 0 Å². The molecule has 4 aromatic rings. The number of urea groups is 1. The first-order chi connectivity index (χ1) is 17.5. The molecule has 0 saturated carbocycles. The van der Waals surface area contributed by atoms with Gasteiger partial charge in [0.15, 0.2) is 0 Å². The van der Waals surface area contributed by atoms with Gasteiger partial charge in [0.1, 0.15) is 11.6 Å². The average Bonchev–Trinajstić information content (AvgIpc) is 3.38. The predicted octanol–water partition coefficient (Wildman–Crippen LogP) is 6.15. The number of hydrogen-bond acceptors (Lipinski definition) is 5. The zero-order chi connectivity index (χ0) is 25.2. The fourth-order valence-electron chi connectivity index (χ4n) is 4.36. The summed E-state index contributed by atoms with van der Waals surface area (Å²) in [6, 6.07) is 20.2. The lowest BCUT2D eigenvalue weighted by Crippen LogP contribution is -2.46. The summed E-state index contributed by atoms with van der Waals surface area (Å²) in [6.45, 7) is 3.90. The molecule has 0 aliphatic carbocycles. The Morgan fingerprint density at radius 3 is 2.58 bits per heavy atom. The quantitative estimate of drug-likeness (QED) is 0.355. The van der Waals surface area contributed by atoms with Crippen molar-refractivity contribution in [2.24, 2.45) is 0 Å². The Balaban J connectivity index is 1.64. The maximum atomic E-state index is 14.2. The largest absolute Gasteiger partial charge is 0.497 e. The van der Waals surface area contributed by atoms with Gasteiger partial charge in [0.05, 0.1) is 24.4 Å². The standard InChI is InChI=1S/C28H25FN4O3/c1-4-18-11-13-19(14-12-18)26-31-27(36-32-26)24-17(2)33(22-9-6-10-23(16-22)35-3)28(34)30-25(24)20-7-5-8-21(29)15-20/h5-16,25H,4H2,1-3H3,(H,30,34). The topological polar surface area (TPSA) is 80.5 Å². The maximum Gasteiger partial charge on any atom is 0.327 e. The molecule has 1 N–H and O–H groups in total. The highest BCUT2D eigenvalue weighted by molar-refractivity contribution is 6.01. The lowest BCUT2D eigenvalue weighted by atomic mass is 9.94. The van der Waals surface area contributed by atoms with Crippen molar-refractivity contribution in [1.82, 2.24) is 15.5 Å². The molecule has 7 nitrogen and oxygen atoms in total. The molecule has 0 spiro atoms. The molecule has 1 atom stereocenters. The van der Waals surface area contributed by atoms with Crippen molar-refractivity contribution in [1.29, 1.82) is 0 Å². The molecular weight excluding hydrogens is 459 g/mol. The van der Waals surface area contributed by atoms with Gasteiger partial charge in [0, 0.05) is 17.3 Å². The number of carbonyl (C=O) groups is 1. The minimum absolute atomic E-state index is 0.240. The van der Waals surface area contributed by atoms with Crippen LogP contribution in [-0.4, -0.2) is 23.3 Å². The maximum absolute atomic E-state index is 14.2. The summed E-state index contributed by atoms with van der Waals surface area (Å²) in [7, 11) is 1.57. The second kappa shape index (κ2) is 9.65. The number of nitrogens with one attached hydrogen (secondary N) is 1. The molecule has 2 amide bonds. The first kappa shape index (κ1) is 23.3. The van der Waals surface area contributed by atoms with Gasteiger partial charge < -0.3 is 14.6 Å². The predicted molar refractivity (Wildman–Crippen MR) is 135 cm³/mol. The van der Waals surface area contributed by atoms with E-state index in [4.69, 9.17) is 9.26 Å². The molecule has 0 saturated heterocycles. The van der Waals surface area contributed by atoms with E-state index in [1.54, 1.807) is 50.4 Å². The van der Waals surface area contributed by atoms with Crippen molar-refractivity contribution in [3.63, 3.8) is 0 Å². The third-order valence-electron chi connectivity index (χ3n) is 6.26. The Hall–Kier alpha value is -4.46. The molecule has 8 heteroatoms. The van der Waals surface area contributed by atoms with Gasteiger partial charge in [-0.2, -0.15) is 4.98 Å². The van der Waals surface area contributed by atoms with Gasteiger partial charge in [-0.1, -0.05) is 54.5 Å². The van der Waals surface area contributed by atoms with Crippen molar-refractivity contribution in [3.05, 3.63) is 101 Å². The lowest BCUT2D eigenvalue weighted by molar-refractivity contribution is 0.244. The molecule has 1 aliphatic heterocycles. The summed E-state index contributed by atoms with van der Waals surface area (Å²) >= 11 is 0. The number of allylic oxidation sites excluding steroid dienone is 1. The van der Waals surface area contributed by atoms with Crippen LogP contribution in [0.4, 0.5) is 14.9 Å². The molecule has 1 aliphatic rings. The van der Waals surface area contributed by atoms with Crippen LogP contribution in [0.3, 0.4) is 0 Å². The van der Waals surface area contributed by atoms with Crippen LogP contribution in [0.2, 0.25) is 0 Å². The zero-order valence-corrected chi connectivity index (χ0v) is 20.2. The number of ether oxygens (including phenoxy) is 1. The van der Waals surface area contributed by atoms with E-state index < -0.39 is 11.9 Å². The van der Waals surface area contributed by atoms with Crippen LogP contribution in [0.1, 0.15) is 36.9 Å². The van der Waals surface area contributed by atoms with Crippen molar-refractivity contribution in [3.8, 4) is 17.1 Å². The van der Waals surface area contributed by atoms with Gasteiger partial charge in [-0.3, -0.25) is 4.90 Å². The number of rotatable bonds is 6. The van der Waals surface area contributed by atoms with E-state index in [1.807, 2.05) is 24.3 Å². The zero-order valence-electron chi connectivity index (χ0n) is 20.2. The minimum Gasteiger partial charge on any atom is -0.497 e. The van der Waals surface area contributed by atoms with Crippen molar-refractivity contribution in [2.75, 3.05) is 12.0 Å². The number of benzene rings is 3. The van der Waals surface area contributed by atoms with Gasteiger partial charge in [0.25, 0.3) is 5.89 Å². The first-order valence-corrected chi connectivity index (χ1v) is 11.6. The number of aromatic nitrogens is 2. The highest BCUT2D eigenvalue weighted by Gasteiger charge is 2.36. The molecule has 36 heavy (non-hydrogen) atoms. The van der Waals surface area contributed by atoms with E-state index >= 15 is 0 Å². The normalized spacial score (nSPS) is 15.7. The molecule has 3 aromatic carbocycles. The minimum atomic E-state index is -0.689. The number of nitrogens with zero attached hydrogens (tertiary/aromatic N) is 3. The van der Waals surface area contributed by atoms with Gasteiger partial charge >= 0.3 is 6.03 Å². The summed E-state index contributed by atoms with van der Waals surface area (Å²) in [5, 5.41) is 7.18. The number of amides is 2. The Kier molecular flexibility index (Phi) is 6.25. The van der Waals surface area contributed by atoms with Crippen LogP contribution in [0.5, 0.6) is 5.75 Å². The van der Waals surface area contributed by atoms with Crippen molar-refractivity contribution < 1.29 is 18.4 Å². The number of methoxy groups -OCH3 is 1. The van der Waals surface area contributed by atoms with Crippen LogP contribution in [-0.2, 0) is 6.42 Å². The summed E-state index contributed by atoms with van der Waals surface area (Å²) in [5.74, 6) is 0.869. The third kappa shape index (κ3) is 4.33. The van der Waals surface area contributed by atoms with Gasteiger partial charge in [-0.15, -0.1) is 0 Å². The number of aryl methyl sites for hydroxylation is 1. The number of carbonyl (C=O) groups excluding carboxylic acids is 1. The number of halogens is 1. The summed E-state index contributed by atoms with van der Waals surface area (Å²) in [6.07, 6.45) is 0.930. The molecule has 0 bridgehead atoms. The Morgan fingerprint density at radius 2 is 1.86 bits per heavy atom. The second-order valence-corrected chi connectivity index (χ2v) is 8.45. The van der Waals surface area contributed by atoms with Crippen molar-refractivity contribution >= 4 is 17.3 Å². The van der Waals surface area contributed by atoms with E-state index in [0.717, 1.165) is 12.0 Å². The molecule has 0 fully saturated rings. The van der Waals surface area contributed by atoms with Crippen LogP contribution in [0.15, 0.2) is 83.0 Å². The smallest absolute Gasteiger partial charge is 0.327 e. The average molecular weight is 485 g/mol. The fraction of sp³-hybridized carbons (Fsp3) is 0.179. The molecule has 5 rings (SSSR count). The highest BCUT2D eigenvalue weighted by Crippen LogP contribution is 2.39. The number of anilines is 1. The lowest BCUT2D eigenvalue weighted by Gasteiger charge is -2.35. The van der Waals surface area contributed by atoms with Gasteiger partial charge in [-0.25, -0.2) is 9.18 Å². The summed E-state index contributed by atoms with van der Waals surface area (Å²) < 4.78 is 25.2. The summed E-state index contributed by atoms with van der Waals surface area (Å²) in [5.41, 5.74) is 4.34. The SMILES string of the molecule is CCc1ccc(-c2noc(C3=C(C)N(c4cccc(OC)c4)C(=O)NC3c3cccc(F)c3)n2)cc1. The van der Waals surface area contributed by atoms with E-state index in [2.05, 4.69) is 22.4 Å². The molecule has 2 heterocycles. The Labute approximate surface area is 208 Å². The summed E-state index contributed by atoms with van der Waals surface area (Å²) in [4.78, 5) is 19.5. The van der Waals surface area contributed by atoms with E-state index in [0.29, 0.717) is 34.1 Å². The Bertz CT molecular complexity index is 1450. The van der Waals surface area contributed by atoms with Crippen LogP contribution < -0.4 is 15.0 Å². The molecule has 182 valence electrons. The van der Waals surface area contributed by atoms with Gasteiger partial charge in [-0.05, 0) is 48.7 Å². The van der Waals surface area contributed by atoms with Gasteiger partial charge in [0.2, 0.25) is 5.82 Å². The van der Waals surface area contributed by atoms with Crippen LogP contribution in [0.25, 0.3) is 17.0 Å². The van der Waals surface area contributed by atoms with E-state index in [1.165, 1.54) is 22.6 Å². The highest BCUT2D eigenvalue weighted by atomic mass is 19.1. The molecular formula is C28H25FN4O3. The van der Waals surface area contributed by atoms with E-state index in [-0.39, 0.29) is 11.9 Å². The molecule has 1 aromatic heterocycles. The fourth-order valence-corrected chi connectivity index (χ4v) is 4.36. The first-order valence-electron chi connectivity index (χ1n) is 11.6. The molecule has 1 unspecified atom stereocenters. The number of hydrogen-bond donors (Lipinski definition) is 1. The van der Waals surface area contributed by atoms with Crippen LogP contribution in [0, 0.1) is 5.82 Å². The third-order valence-corrected chi connectivity index (χ3v) is 6.26.